The van der Waals surface area contributed by atoms with Crippen molar-refractivity contribution in [2.75, 3.05) is 5.32 Å². The molecule has 0 aliphatic heterocycles. The predicted molar refractivity (Wildman–Crippen MR) is 127 cm³/mol. The van der Waals surface area contributed by atoms with Gasteiger partial charge in [0.05, 0.1) is 5.71 Å². The molecule has 32 heavy (non-hydrogen) atoms. The Hall–Kier alpha value is -3.93. The van der Waals surface area contributed by atoms with Crippen molar-refractivity contribution in [3.05, 3.63) is 94.5 Å². The van der Waals surface area contributed by atoms with Crippen LogP contribution in [0.4, 0.5) is 5.69 Å². The third kappa shape index (κ3) is 6.28. The maximum absolute atomic E-state index is 12.1. The molecule has 6 heteroatoms. The van der Waals surface area contributed by atoms with Crippen LogP contribution in [0, 0.1) is 20.8 Å². The molecule has 0 bridgehead atoms. The van der Waals surface area contributed by atoms with E-state index in [1.165, 1.54) is 5.56 Å². The van der Waals surface area contributed by atoms with E-state index >= 15 is 0 Å². The van der Waals surface area contributed by atoms with Gasteiger partial charge in [-0.05, 0) is 86.3 Å². The summed E-state index contributed by atoms with van der Waals surface area (Å²) in [5, 5.41) is 6.61. The van der Waals surface area contributed by atoms with Gasteiger partial charge in [0.2, 0.25) is 0 Å². The average molecular weight is 430 g/mol. The van der Waals surface area contributed by atoms with Crippen molar-refractivity contribution in [3.63, 3.8) is 0 Å². The number of hydrogen-bond acceptors (Lipinski definition) is 4. The molecule has 0 atom stereocenters. The number of benzene rings is 3. The molecule has 0 spiro atoms. The van der Waals surface area contributed by atoms with E-state index in [9.17, 15) is 9.59 Å². The van der Waals surface area contributed by atoms with Gasteiger partial charge in [-0.1, -0.05) is 35.9 Å². The summed E-state index contributed by atoms with van der Waals surface area (Å²) in [4.78, 5) is 24.2. The molecule has 3 rings (SSSR count). The van der Waals surface area contributed by atoms with Crippen LogP contribution < -0.4 is 15.5 Å². The summed E-state index contributed by atoms with van der Waals surface area (Å²) in [5.41, 5.74) is 8.69. The number of aryl methyl sites for hydroxylation is 3. The first kappa shape index (κ1) is 22.7. The highest BCUT2D eigenvalue weighted by molar-refractivity contribution is 6.39. The SMILES string of the molecule is C/C(=N\NC(=O)C(=O)Nc1ccc(C)c(C)c1)c1ccc(OCc2ccc(C)cc2)cc1. The second kappa shape index (κ2) is 10.4. The molecule has 2 amide bonds. The minimum atomic E-state index is -0.833. The number of hydrazone groups is 1. The van der Waals surface area contributed by atoms with Gasteiger partial charge in [-0.15, -0.1) is 0 Å². The van der Waals surface area contributed by atoms with Crippen molar-refractivity contribution < 1.29 is 14.3 Å². The third-order valence-corrected chi connectivity index (χ3v) is 5.09. The van der Waals surface area contributed by atoms with E-state index in [1.807, 2.05) is 69.3 Å². The number of ether oxygens (including phenoxy) is 1. The van der Waals surface area contributed by atoms with Crippen molar-refractivity contribution in [1.82, 2.24) is 5.43 Å². The molecule has 0 saturated carbocycles. The molecule has 0 heterocycles. The lowest BCUT2D eigenvalue weighted by atomic mass is 10.1. The standard InChI is InChI=1S/C26H27N3O3/c1-17-5-8-21(9-6-17)16-32-24-13-10-22(11-14-24)20(4)28-29-26(31)25(30)27-23-12-7-18(2)19(3)15-23/h5-15H,16H2,1-4H3,(H,27,30)(H,29,31)/b28-20+. The highest BCUT2D eigenvalue weighted by Crippen LogP contribution is 2.16. The fourth-order valence-corrected chi connectivity index (χ4v) is 2.90. The van der Waals surface area contributed by atoms with Crippen molar-refractivity contribution in [3.8, 4) is 5.75 Å². The summed E-state index contributed by atoms with van der Waals surface area (Å²) in [7, 11) is 0. The van der Waals surface area contributed by atoms with Gasteiger partial charge in [0.1, 0.15) is 12.4 Å². The van der Waals surface area contributed by atoms with Crippen LogP contribution in [0.25, 0.3) is 0 Å². The molecule has 164 valence electrons. The van der Waals surface area contributed by atoms with E-state index in [2.05, 4.69) is 28.0 Å². The minimum absolute atomic E-state index is 0.484. The number of amides is 2. The van der Waals surface area contributed by atoms with Gasteiger partial charge in [0.15, 0.2) is 0 Å². The molecule has 0 aromatic heterocycles. The highest BCUT2D eigenvalue weighted by atomic mass is 16.5. The third-order valence-electron chi connectivity index (χ3n) is 5.09. The molecule has 0 radical (unpaired) electrons. The first-order chi connectivity index (χ1) is 15.3. The minimum Gasteiger partial charge on any atom is -0.489 e. The molecular formula is C26H27N3O3. The molecule has 0 saturated heterocycles. The van der Waals surface area contributed by atoms with Gasteiger partial charge >= 0.3 is 11.8 Å². The molecule has 3 aromatic rings. The zero-order chi connectivity index (χ0) is 23.1. The van der Waals surface area contributed by atoms with Gasteiger partial charge in [0, 0.05) is 5.69 Å². The molecule has 3 aromatic carbocycles. The summed E-state index contributed by atoms with van der Waals surface area (Å²) in [6.45, 7) is 8.21. The quantitative estimate of drug-likeness (QED) is 0.339. The molecule has 0 aliphatic rings. The smallest absolute Gasteiger partial charge is 0.329 e. The summed E-state index contributed by atoms with van der Waals surface area (Å²) in [6, 6.07) is 21.0. The van der Waals surface area contributed by atoms with Gasteiger partial charge < -0.3 is 10.1 Å². The van der Waals surface area contributed by atoms with Crippen molar-refractivity contribution >= 4 is 23.2 Å². The van der Waals surface area contributed by atoms with Crippen molar-refractivity contribution in [2.45, 2.75) is 34.3 Å². The number of hydrogen-bond donors (Lipinski definition) is 2. The first-order valence-electron chi connectivity index (χ1n) is 10.3. The van der Waals surface area contributed by atoms with Gasteiger partial charge in [-0.25, -0.2) is 5.43 Å². The number of carbonyl (C=O) groups is 2. The van der Waals surface area contributed by atoms with Crippen LogP contribution in [0.5, 0.6) is 5.75 Å². The Morgan fingerprint density at radius 1 is 0.844 bits per heavy atom. The number of nitrogens with one attached hydrogen (secondary N) is 2. The predicted octanol–water partition coefficient (Wildman–Crippen LogP) is 4.67. The Kier molecular flexibility index (Phi) is 7.39. The fraction of sp³-hybridized carbons (Fsp3) is 0.192. The molecule has 0 fully saturated rings. The molecule has 0 unspecified atom stereocenters. The zero-order valence-electron chi connectivity index (χ0n) is 18.7. The van der Waals surface area contributed by atoms with E-state index in [0.29, 0.717) is 18.0 Å². The second-order valence-electron chi connectivity index (χ2n) is 7.69. The van der Waals surface area contributed by atoms with Crippen LogP contribution in [-0.4, -0.2) is 17.5 Å². The van der Waals surface area contributed by atoms with E-state index < -0.39 is 11.8 Å². The van der Waals surface area contributed by atoms with Gasteiger partial charge in [-0.2, -0.15) is 5.10 Å². The zero-order valence-corrected chi connectivity index (χ0v) is 18.7. The van der Waals surface area contributed by atoms with Crippen LogP contribution in [0.3, 0.4) is 0 Å². The second-order valence-corrected chi connectivity index (χ2v) is 7.69. The number of carbonyl (C=O) groups excluding carboxylic acids is 2. The lowest BCUT2D eigenvalue weighted by Crippen LogP contribution is -2.33. The van der Waals surface area contributed by atoms with Crippen LogP contribution in [0.15, 0.2) is 71.8 Å². The van der Waals surface area contributed by atoms with Crippen LogP contribution in [-0.2, 0) is 16.2 Å². The van der Waals surface area contributed by atoms with Crippen molar-refractivity contribution in [1.29, 1.82) is 0 Å². The van der Waals surface area contributed by atoms with Crippen LogP contribution in [0.1, 0.15) is 34.7 Å². The van der Waals surface area contributed by atoms with Crippen molar-refractivity contribution in [2.24, 2.45) is 5.10 Å². The number of nitrogens with zero attached hydrogens (tertiary/aromatic N) is 1. The Labute approximate surface area is 188 Å². The Morgan fingerprint density at radius 2 is 1.53 bits per heavy atom. The lowest BCUT2D eigenvalue weighted by Gasteiger charge is -2.08. The molecule has 0 aliphatic carbocycles. The lowest BCUT2D eigenvalue weighted by molar-refractivity contribution is -0.136. The number of rotatable bonds is 6. The van der Waals surface area contributed by atoms with E-state index in [1.54, 1.807) is 13.0 Å². The largest absolute Gasteiger partial charge is 0.489 e. The Morgan fingerprint density at radius 3 is 2.19 bits per heavy atom. The summed E-state index contributed by atoms with van der Waals surface area (Å²) < 4.78 is 5.81. The molecular weight excluding hydrogens is 402 g/mol. The average Bonchev–Trinajstić information content (AvgIpc) is 2.79. The maximum atomic E-state index is 12.1. The molecule has 6 nitrogen and oxygen atoms in total. The Bertz CT molecular complexity index is 1130. The summed E-state index contributed by atoms with van der Waals surface area (Å²) >= 11 is 0. The Balaban J connectivity index is 1.53. The summed E-state index contributed by atoms with van der Waals surface area (Å²) in [6.07, 6.45) is 0. The normalized spacial score (nSPS) is 11.1. The molecule has 2 N–H and O–H groups in total. The van der Waals surface area contributed by atoms with Gasteiger partial charge in [0.25, 0.3) is 0 Å². The topological polar surface area (TPSA) is 79.8 Å². The van der Waals surface area contributed by atoms with E-state index in [0.717, 1.165) is 28.0 Å². The maximum Gasteiger partial charge on any atom is 0.329 e. The van der Waals surface area contributed by atoms with Gasteiger partial charge in [-0.3, -0.25) is 9.59 Å². The summed E-state index contributed by atoms with van der Waals surface area (Å²) in [5.74, 6) is -0.871. The van der Waals surface area contributed by atoms with E-state index in [-0.39, 0.29) is 0 Å². The monoisotopic (exact) mass is 429 g/mol. The first-order valence-corrected chi connectivity index (χ1v) is 10.3. The van der Waals surface area contributed by atoms with E-state index in [4.69, 9.17) is 4.74 Å². The fourth-order valence-electron chi connectivity index (χ4n) is 2.90. The number of anilines is 1. The van der Waals surface area contributed by atoms with Crippen LogP contribution >= 0.6 is 0 Å². The van der Waals surface area contributed by atoms with Crippen LogP contribution in [0.2, 0.25) is 0 Å². The highest BCUT2D eigenvalue weighted by Gasteiger charge is 2.13.